The van der Waals surface area contributed by atoms with Crippen molar-refractivity contribution in [3.05, 3.63) is 55.1 Å². The number of nitrogens with zero attached hydrogens (tertiary/aromatic N) is 2. The van der Waals surface area contributed by atoms with E-state index in [9.17, 15) is 8.42 Å². The van der Waals surface area contributed by atoms with Crippen LogP contribution in [0.5, 0.6) is 5.75 Å². The first-order valence-electron chi connectivity index (χ1n) is 9.72. The zero-order chi connectivity index (χ0) is 19.8. The molecule has 0 fully saturated rings. The number of nitrogens with one attached hydrogen (secondary N) is 1. The predicted molar refractivity (Wildman–Crippen MR) is 111 cm³/mol. The Bertz CT molecular complexity index is 985. The number of rotatable bonds is 11. The SMILES string of the molecule is CCCCCOc1ccc(S(=O)(=O)NCCCn2ccnc2)c2ccccc12. The van der Waals surface area contributed by atoms with E-state index in [-0.39, 0.29) is 4.90 Å². The molecule has 0 amide bonds. The minimum absolute atomic E-state index is 0.284. The Kier molecular flexibility index (Phi) is 7.06. The van der Waals surface area contributed by atoms with Crippen LogP contribution in [0.25, 0.3) is 10.8 Å². The summed E-state index contributed by atoms with van der Waals surface area (Å²) in [5.74, 6) is 0.728. The maximum absolute atomic E-state index is 12.8. The summed E-state index contributed by atoms with van der Waals surface area (Å²) in [6.07, 6.45) is 9.22. The Balaban J connectivity index is 1.72. The van der Waals surface area contributed by atoms with Gasteiger partial charge in [-0.15, -0.1) is 0 Å². The number of ether oxygens (including phenoxy) is 1. The van der Waals surface area contributed by atoms with Gasteiger partial charge in [0.15, 0.2) is 0 Å². The molecular weight excluding hydrogens is 374 g/mol. The maximum atomic E-state index is 12.8. The monoisotopic (exact) mass is 401 g/mol. The fourth-order valence-corrected chi connectivity index (χ4v) is 4.39. The van der Waals surface area contributed by atoms with Gasteiger partial charge in [0.05, 0.1) is 17.8 Å². The van der Waals surface area contributed by atoms with Crippen molar-refractivity contribution >= 4 is 20.8 Å². The molecule has 0 atom stereocenters. The molecule has 0 bridgehead atoms. The molecular formula is C21H27N3O3S. The lowest BCUT2D eigenvalue weighted by atomic mass is 10.1. The Labute approximate surface area is 166 Å². The van der Waals surface area contributed by atoms with E-state index in [1.807, 2.05) is 35.0 Å². The van der Waals surface area contributed by atoms with Crippen LogP contribution in [-0.2, 0) is 16.6 Å². The van der Waals surface area contributed by atoms with Gasteiger partial charge >= 0.3 is 0 Å². The van der Waals surface area contributed by atoms with Crippen LogP contribution in [0.15, 0.2) is 60.0 Å². The fraction of sp³-hybridized carbons (Fsp3) is 0.381. The second-order valence-electron chi connectivity index (χ2n) is 6.71. The van der Waals surface area contributed by atoms with Crippen LogP contribution in [-0.4, -0.2) is 31.1 Å². The molecule has 0 aliphatic carbocycles. The first-order valence-corrected chi connectivity index (χ1v) is 11.2. The average Bonchev–Trinajstić information content (AvgIpc) is 3.22. The number of sulfonamides is 1. The zero-order valence-electron chi connectivity index (χ0n) is 16.2. The van der Waals surface area contributed by atoms with Gasteiger partial charge < -0.3 is 9.30 Å². The van der Waals surface area contributed by atoms with Crippen molar-refractivity contribution in [2.45, 2.75) is 44.0 Å². The van der Waals surface area contributed by atoms with Crippen LogP contribution in [0.2, 0.25) is 0 Å². The molecule has 0 saturated carbocycles. The van der Waals surface area contributed by atoms with Gasteiger partial charge in [0.25, 0.3) is 0 Å². The maximum Gasteiger partial charge on any atom is 0.241 e. The van der Waals surface area contributed by atoms with E-state index in [0.717, 1.165) is 30.4 Å². The van der Waals surface area contributed by atoms with Gasteiger partial charge in [-0.2, -0.15) is 0 Å². The van der Waals surface area contributed by atoms with Gasteiger partial charge in [-0.1, -0.05) is 44.0 Å². The summed E-state index contributed by atoms with van der Waals surface area (Å²) < 4.78 is 36.2. The van der Waals surface area contributed by atoms with E-state index >= 15 is 0 Å². The minimum atomic E-state index is -3.60. The van der Waals surface area contributed by atoms with E-state index in [0.29, 0.717) is 31.5 Å². The van der Waals surface area contributed by atoms with Crippen LogP contribution >= 0.6 is 0 Å². The van der Waals surface area contributed by atoms with Crippen molar-refractivity contribution in [2.24, 2.45) is 0 Å². The number of benzene rings is 2. The van der Waals surface area contributed by atoms with Crippen molar-refractivity contribution < 1.29 is 13.2 Å². The molecule has 3 aromatic rings. The summed E-state index contributed by atoms with van der Waals surface area (Å²) in [5.41, 5.74) is 0. The molecule has 6 nitrogen and oxygen atoms in total. The van der Waals surface area contributed by atoms with Crippen molar-refractivity contribution in [2.75, 3.05) is 13.2 Å². The summed E-state index contributed by atoms with van der Waals surface area (Å²) in [4.78, 5) is 4.27. The smallest absolute Gasteiger partial charge is 0.241 e. The first-order chi connectivity index (χ1) is 13.6. The summed E-state index contributed by atoms with van der Waals surface area (Å²) >= 11 is 0. The molecule has 150 valence electrons. The molecule has 1 heterocycles. The molecule has 0 saturated heterocycles. The largest absolute Gasteiger partial charge is 0.493 e. The summed E-state index contributed by atoms with van der Waals surface area (Å²) in [5, 5.41) is 1.50. The van der Waals surface area contributed by atoms with Gasteiger partial charge in [0, 0.05) is 36.3 Å². The van der Waals surface area contributed by atoms with E-state index < -0.39 is 10.0 Å². The van der Waals surface area contributed by atoms with Crippen molar-refractivity contribution in [1.29, 1.82) is 0 Å². The Hall–Kier alpha value is -2.38. The lowest BCUT2D eigenvalue weighted by Gasteiger charge is -2.13. The molecule has 0 aliphatic rings. The summed E-state index contributed by atoms with van der Waals surface area (Å²) in [6, 6.07) is 10.9. The van der Waals surface area contributed by atoms with Crippen LogP contribution in [0.3, 0.4) is 0 Å². The topological polar surface area (TPSA) is 73.2 Å². The number of aromatic nitrogens is 2. The Morgan fingerprint density at radius 2 is 1.89 bits per heavy atom. The first kappa shape index (κ1) is 20.4. The lowest BCUT2D eigenvalue weighted by Crippen LogP contribution is -2.25. The number of hydrogen-bond acceptors (Lipinski definition) is 4. The molecule has 3 rings (SSSR count). The molecule has 28 heavy (non-hydrogen) atoms. The van der Waals surface area contributed by atoms with E-state index in [4.69, 9.17) is 4.74 Å². The van der Waals surface area contributed by atoms with Gasteiger partial charge in [-0.25, -0.2) is 18.1 Å². The predicted octanol–water partition coefficient (Wildman–Crippen LogP) is 3.97. The highest BCUT2D eigenvalue weighted by Gasteiger charge is 2.18. The van der Waals surface area contributed by atoms with Crippen LogP contribution in [0.4, 0.5) is 0 Å². The quantitative estimate of drug-likeness (QED) is 0.493. The highest BCUT2D eigenvalue weighted by atomic mass is 32.2. The van der Waals surface area contributed by atoms with Gasteiger partial charge in [0.2, 0.25) is 10.0 Å². The lowest BCUT2D eigenvalue weighted by molar-refractivity contribution is 0.309. The average molecular weight is 402 g/mol. The van der Waals surface area contributed by atoms with E-state index in [1.54, 1.807) is 24.7 Å². The zero-order valence-corrected chi connectivity index (χ0v) is 17.0. The summed E-state index contributed by atoms with van der Waals surface area (Å²) in [7, 11) is -3.60. The molecule has 0 unspecified atom stereocenters. The molecule has 1 N–H and O–H groups in total. The van der Waals surface area contributed by atoms with Crippen molar-refractivity contribution in [3.8, 4) is 5.75 Å². The standard InChI is InChI=1S/C21H27N3O3S/c1-2-3-6-16-27-20-10-11-21(19-9-5-4-8-18(19)20)28(25,26)23-12-7-14-24-15-13-22-17-24/h4-5,8-11,13,15,17,23H,2-3,6-7,12,14,16H2,1H3. The number of unbranched alkanes of at least 4 members (excludes halogenated alkanes) is 2. The van der Waals surface area contributed by atoms with Gasteiger partial charge in [0.1, 0.15) is 5.75 Å². The van der Waals surface area contributed by atoms with Crippen LogP contribution < -0.4 is 9.46 Å². The molecule has 7 heteroatoms. The summed E-state index contributed by atoms with van der Waals surface area (Å²) in [6.45, 7) is 3.87. The third kappa shape index (κ3) is 5.11. The van der Waals surface area contributed by atoms with Gasteiger partial charge in [-0.3, -0.25) is 0 Å². The van der Waals surface area contributed by atoms with Crippen LogP contribution in [0.1, 0.15) is 32.6 Å². The Morgan fingerprint density at radius 3 is 2.64 bits per heavy atom. The number of aryl methyl sites for hydroxylation is 1. The molecule has 1 aromatic heterocycles. The second kappa shape index (κ2) is 9.71. The van der Waals surface area contributed by atoms with Crippen molar-refractivity contribution in [1.82, 2.24) is 14.3 Å². The second-order valence-corrected chi connectivity index (χ2v) is 8.45. The molecule has 0 radical (unpaired) electrons. The molecule has 2 aromatic carbocycles. The highest BCUT2D eigenvalue weighted by molar-refractivity contribution is 7.89. The van der Waals surface area contributed by atoms with Crippen molar-refractivity contribution in [3.63, 3.8) is 0 Å². The third-order valence-corrected chi connectivity index (χ3v) is 6.10. The van der Waals surface area contributed by atoms with E-state index in [1.165, 1.54) is 0 Å². The molecule has 0 spiro atoms. The fourth-order valence-electron chi connectivity index (χ4n) is 3.10. The van der Waals surface area contributed by atoms with Gasteiger partial charge in [-0.05, 0) is 25.0 Å². The number of imidazole rings is 1. The highest BCUT2D eigenvalue weighted by Crippen LogP contribution is 2.31. The normalized spacial score (nSPS) is 11.8. The Morgan fingerprint density at radius 1 is 1.07 bits per heavy atom. The van der Waals surface area contributed by atoms with E-state index in [2.05, 4.69) is 16.6 Å². The third-order valence-electron chi connectivity index (χ3n) is 4.58. The number of fused-ring (bicyclic) bond motifs is 1. The number of hydrogen-bond donors (Lipinski definition) is 1. The minimum Gasteiger partial charge on any atom is -0.493 e. The van der Waals surface area contributed by atoms with Crippen LogP contribution in [0, 0.1) is 0 Å². The molecule has 0 aliphatic heterocycles.